The Balaban J connectivity index is 1.49. The van der Waals surface area contributed by atoms with E-state index < -0.39 is 29.3 Å². The molecule has 0 heterocycles. The Labute approximate surface area is 195 Å². The molecule has 9 nitrogen and oxygen atoms in total. The fourth-order valence-electron chi connectivity index (χ4n) is 5.97. The molecule has 0 aromatic carbocycles. The van der Waals surface area contributed by atoms with Crippen molar-refractivity contribution in [2.45, 2.75) is 108 Å². The van der Waals surface area contributed by atoms with Gasteiger partial charge in [-0.2, -0.15) is 20.8 Å². The quantitative estimate of drug-likeness (QED) is 0.272. The van der Waals surface area contributed by atoms with Crippen molar-refractivity contribution in [2.24, 2.45) is 28.0 Å². The highest BCUT2D eigenvalue weighted by Gasteiger charge is 2.52. The lowest BCUT2D eigenvalue weighted by atomic mass is 9.54. The normalized spacial score (nSPS) is 32.3. The molecular formula is C24H34N4O5. The molecule has 180 valence electrons. The largest absolute Gasteiger partial charge is 0.481 e. The molecule has 4 fully saturated rings. The first-order valence-corrected chi connectivity index (χ1v) is 11.8. The van der Waals surface area contributed by atoms with Gasteiger partial charge in [0.25, 0.3) is 0 Å². The van der Waals surface area contributed by atoms with Crippen molar-refractivity contribution in [1.29, 1.82) is 10.5 Å². The second-order valence-electron chi connectivity index (χ2n) is 10.6. The molecule has 1 N–H and O–H groups in total. The van der Waals surface area contributed by atoms with Crippen LogP contribution in [0.2, 0.25) is 0 Å². The highest BCUT2D eigenvalue weighted by molar-refractivity contribution is 5.69. The van der Waals surface area contributed by atoms with Crippen LogP contribution < -0.4 is 0 Å². The Morgan fingerprint density at radius 2 is 1.45 bits per heavy atom. The Kier molecular flexibility index (Phi) is 7.43. The van der Waals surface area contributed by atoms with Gasteiger partial charge in [-0.25, -0.2) is 0 Å². The minimum absolute atomic E-state index is 0.0228. The molecule has 4 saturated carbocycles. The van der Waals surface area contributed by atoms with E-state index >= 15 is 0 Å². The van der Waals surface area contributed by atoms with Crippen LogP contribution in [0, 0.1) is 40.4 Å². The summed E-state index contributed by atoms with van der Waals surface area (Å²) in [4.78, 5) is 23.2. The molecule has 0 radical (unpaired) electrons. The van der Waals surface area contributed by atoms with Crippen molar-refractivity contribution >= 4 is 11.9 Å². The number of carbonyl (C=O) groups is 2. The summed E-state index contributed by atoms with van der Waals surface area (Å²) < 4.78 is 11.8. The second kappa shape index (κ2) is 9.77. The smallest absolute Gasteiger partial charge is 0.308 e. The third kappa shape index (κ3) is 6.51. The molecule has 9 heteroatoms. The number of aliphatic carboxylic acids is 1. The van der Waals surface area contributed by atoms with Gasteiger partial charge in [0.2, 0.25) is 6.29 Å². The summed E-state index contributed by atoms with van der Waals surface area (Å²) >= 11 is 0. The van der Waals surface area contributed by atoms with E-state index in [1.54, 1.807) is 6.92 Å². The van der Waals surface area contributed by atoms with Gasteiger partial charge in [-0.1, -0.05) is 0 Å². The minimum atomic E-state index is -1.35. The molecular weight excluding hydrogens is 424 g/mol. The van der Waals surface area contributed by atoms with Gasteiger partial charge in [0.1, 0.15) is 0 Å². The summed E-state index contributed by atoms with van der Waals surface area (Å²) in [5.41, 5.74) is -2.84. The predicted octanol–water partition coefficient (Wildman–Crippen LogP) is 4.52. The van der Waals surface area contributed by atoms with Gasteiger partial charge in [0, 0.05) is 12.8 Å². The van der Waals surface area contributed by atoms with Gasteiger partial charge in [-0.3, -0.25) is 9.59 Å². The number of hydrogen-bond donors (Lipinski definition) is 1. The Morgan fingerprint density at radius 3 is 1.88 bits per heavy atom. The second-order valence-corrected chi connectivity index (χ2v) is 10.6. The van der Waals surface area contributed by atoms with Crippen LogP contribution >= 0.6 is 0 Å². The van der Waals surface area contributed by atoms with Crippen LogP contribution in [0.3, 0.4) is 0 Å². The molecule has 0 aliphatic heterocycles. The Bertz CT molecular complexity index is 840. The Hall–Kier alpha value is -2.52. The zero-order valence-electron chi connectivity index (χ0n) is 19.7. The number of rotatable bonds is 11. The number of azo groups is 1. The average Bonchev–Trinajstić information content (AvgIpc) is 2.73. The van der Waals surface area contributed by atoms with Crippen LogP contribution in [-0.4, -0.2) is 40.0 Å². The Morgan fingerprint density at radius 1 is 1.00 bits per heavy atom. The van der Waals surface area contributed by atoms with E-state index in [9.17, 15) is 20.1 Å². The van der Waals surface area contributed by atoms with Crippen LogP contribution in [0.1, 0.15) is 85.0 Å². The number of nitrogens with zero attached hydrogens (tertiary/aromatic N) is 4. The number of nitriles is 2. The zero-order chi connectivity index (χ0) is 24.3. The number of carboxylic acid groups (broad SMARTS) is 1. The van der Waals surface area contributed by atoms with Crippen LogP contribution in [-0.2, 0) is 19.1 Å². The number of hydrogen-bond acceptors (Lipinski definition) is 8. The highest BCUT2D eigenvalue weighted by Crippen LogP contribution is 2.57. The fourth-order valence-corrected chi connectivity index (χ4v) is 5.97. The molecule has 4 rings (SSSR count). The van der Waals surface area contributed by atoms with Gasteiger partial charge >= 0.3 is 11.9 Å². The van der Waals surface area contributed by atoms with Gasteiger partial charge in [-0.15, -0.1) is 0 Å². The third-order valence-corrected chi connectivity index (χ3v) is 7.31. The molecule has 3 unspecified atom stereocenters. The number of esters is 1. The first kappa shape index (κ1) is 25.1. The molecule has 0 aromatic rings. The molecule has 4 aliphatic carbocycles. The summed E-state index contributed by atoms with van der Waals surface area (Å²) in [6.07, 6.45) is 6.17. The minimum Gasteiger partial charge on any atom is -0.481 e. The van der Waals surface area contributed by atoms with Crippen LogP contribution in [0.25, 0.3) is 0 Å². The van der Waals surface area contributed by atoms with Crippen molar-refractivity contribution < 1.29 is 24.2 Å². The number of carbonyl (C=O) groups excluding carboxylic acids is 1. The van der Waals surface area contributed by atoms with E-state index in [1.807, 2.05) is 12.1 Å². The number of carboxylic acids is 1. The van der Waals surface area contributed by atoms with E-state index in [1.165, 1.54) is 33.1 Å². The van der Waals surface area contributed by atoms with Crippen molar-refractivity contribution in [3.05, 3.63) is 0 Å². The monoisotopic (exact) mass is 458 g/mol. The lowest BCUT2D eigenvalue weighted by molar-refractivity contribution is -0.245. The van der Waals surface area contributed by atoms with Gasteiger partial charge < -0.3 is 14.6 Å². The predicted molar refractivity (Wildman–Crippen MR) is 117 cm³/mol. The maximum Gasteiger partial charge on any atom is 0.308 e. The highest BCUT2D eigenvalue weighted by atomic mass is 16.7. The molecule has 0 aromatic heterocycles. The lowest BCUT2D eigenvalue weighted by Gasteiger charge is -2.56. The van der Waals surface area contributed by atoms with Crippen LogP contribution in [0.4, 0.5) is 0 Å². The van der Waals surface area contributed by atoms with Crippen molar-refractivity contribution in [1.82, 2.24) is 0 Å². The van der Waals surface area contributed by atoms with Gasteiger partial charge in [0.15, 0.2) is 11.1 Å². The number of ether oxygens (including phenoxy) is 2. The zero-order valence-corrected chi connectivity index (χ0v) is 19.7. The van der Waals surface area contributed by atoms with E-state index in [-0.39, 0.29) is 31.3 Å². The van der Waals surface area contributed by atoms with E-state index in [0.29, 0.717) is 0 Å². The van der Waals surface area contributed by atoms with Gasteiger partial charge in [0.05, 0.1) is 17.7 Å². The van der Waals surface area contributed by atoms with Crippen molar-refractivity contribution in [3.8, 4) is 12.1 Å². The first-order valence-electron chi connectivity index (χ1n) is 11.8. The van der Waals surface area contributed by atoms with E-state index in [0.717, 1.165) is 37.0 Å². The molecule has 3 atom stereocenters. The summed E-state index contributed by atoms with van der Waals surface area (Å²) in [6, 6.07) is 3.97. The van der Waals surface area contributed by atoms with Crippen LogP contribution in [0.15, 0.2) is 10.2 Å². The van der Waals surface area contributed by atoms with Crippen LogP contribution in [0.5, 0.6) is 0 Å². The maximum absolute atomic E-state index is 12.4. The topological polar surface area (TPSA) is 145 Å². The van der Waals surface area contributed by atoms with E-state index in [4.69, 9.17) is 14.6 Å². The SMILES string of the molecule is CC(OC(=O)CCC(C)(C#N)/N=N\C(C)(C#N)CCC(=O)O)OC12CC3CC(CC(C3)C1)C2. The maximum atomic E-state index is 12.4. The first-order chi connectivity index (χ1) is 15.5. The van der Waals surface area contributed by atoms with Crippen molar-refractivity contribution in [2.75, 3.05) is 0 Å². The van der Waals surface area contributed by atoms with E-state index in [2.05, 4.69) is 10.2 Å². The molecule has 4 bridgehead atoms. The standard InChI is InChI=1S/C24H34N4O5/c1-16(33-24-11-17-8-18(12-24)10-19(9-17)13-24)32-21(31)5-7-23(3,15-26)28-27-22(2,14-25)6-4-20(29)30/h16-19H,4-13H2,1-3H3,(H,29,30)/b28-27-. The summed E-state index contributed by atoms with van der Waals surface area (Å²) in [5.74, 6) is 0.682. The fraction of sp³-hybridized carbons (Fsp3) is 0.833. The molecule has 0 spiro atoms. The lowest BCUT2D eigenvalue weighted by Crippen LogP contribution is -2.53. The van der Waals surface area contributed by atoms with Gasteiger partial charge in [-0.05, 0) is 89.9 Å². The van der Waals surface area contributed by atoms with Crippen molar-refractivity contribution in [3.63, 3.8) is 0 Å². The molecule has 0 saturated heterocycles. The average molecular weight is 459 g/mol. The molecule has 33 heavy (non-hydrogen) atoms. The summed E-state index contributed by atoms with van der Waals surface area (Å²) in [7, 11) is 0. The molecule has 4 aliphatic rings. The third-order valence-electron chi connectivity index (χ3n) is 7.31. The summed E-state index contributed by atoms with van der Waals surface area (Å²) in [6.45, 7) is 4.74. The summed E-state index contributed by atoms with van der Waals surface area (Å²) in [5, 5.41) is 35.7. The molecule has 0 amide bonds.